The van der Waals surface area contributed by atoms with Crippen molar-refractivity contribution in [3.63, 3.8) is 0 Å². The number of benzene rings is 2. The Labute approximate surface area is 142 Å². The molecule has 0 N–H and O–H groups in total. The summed E-state index contributed by atoms with van der Waals surface area (Å²) in [5.74, 6) is 0.141. The van der Waals surface area contributed by atoms with Gasteiger partial charge in [0.05, 0.1) is 17.7 Å². The Bertz CT molecular complexity index is 802. The number of hydrogen-bond donors (Lipinski definition) is 0. The first-order valence-electron chi connectivity index (χ1n) is 6.76. The number of carbonyl (C=O) groups is 1. The molecule has 116 valence electrons. The van der Waals surface area contributed by atoms with E-state index in [1.807, 2.05) is 0 Å². The third kappa shape index (κ3) is 3.28. The number of ether oxygens (including phenoxy) is 1. The van der Waals surface area contributed by atoms with Gasteiger partial charge in [0, 0.05) is 6.07 Å². The van der Waals surface area contributed by atoms with E-state index in [4.69, 9.17) is 17.0 Å². The van der Waals surface area contributed by atoms with Gasteiger partial charge in [0.15, 0.2) is 4.32 Å². The molecule has 0 aliphatic carbocycles. The van der Waals surface area contributed by atoms with Crippen molar-refractivity contribution in [2.75, 3.05) is 12.0 Å². The molecule has 0 saturated carbocycles. The second-order valence-electron chi connectivity index (χ2n) is 4.77. The Balaban J connectivity index is 1.91. The number of thioether (sulfide) groups is 1. The highest BCUT2D eigenvalue weighted by Crippen LogP contribution is 2.36. The maximum absolute atomic E-state index is 13.0. The van der Waals surface area contributed by atoms with Crippen LogP contribution in [0.15, 0.2) is 53.4 Å². The number of hydrogen-bond acceptors (Lipinski definition) is 4. The van der Waals surface area contributed by atoms with Crippen LogP contribution in [-0.4, -0.2) is 17.3 Å². The summed E-state index contributed by atoms with van der Waals surface area (Å²) in [7, 11) is 1.57. The van der Waals surface area contributed by atoms with Crippen molar-refractivity contribution in [3.05, 3.63) is 64.8 Å². The molecule has 0 unspecified atom stereocenters. The minimum Gasteiger partial charge on any atom is -0.497 e. The summed E-state index contributed by atoms with van der Waals surface area (Å²) in [6, 6.07) is 13.1. The number of nitrogens with zero attached hydrogens (tertiary/aromatic N) is 1. The fourth-order valence-corrected chi connectivity index (χ4v) is 3.45. The molecule has 3 rings (SSSR count). The topological polar surface area (TPSA) is 29.5 Å². The smallest absolute Gasteiger partial charge is 0.270 e. The first kappa shape index (κ1) is 15.7. The van der Waals surface area contributed by atoms with Crippen molar-refractivity contribution in [2.45, 2.75) is 0 Å². The second-order valence-corrected chi connectivity index (χ2v) is 6.45. The van der Waals surface area contributed by atoms with E-state index in [1.54, 1.807) is 49.6 Å². The number of anilines is 1. The monoisotopic (exact) mass is 345 g/mol. The Kier molecular flexibility index (Phi) is 4.45. The molecule has 0 bridgehead atoms. The quantitative estimate of drug-likeness (QED) is 0.615. The van der Waals surface area contributed by atoms with E-state index >= 15 is 0 Å². The van der Waals surface area contributed by atoms with Crippen LogP contribution in [0.5, 0.6) is 5.75 Å². The first-order valence-corrected chi connectivity index (χ1v) is 7.98. The van der Waals surface area contributed by atoms with Gasteiger partial charge in [-0.2, -0.15) is 0 Å². The molecular weight excluding hydrogens is 333 g/mol. The average Bonchev–Trinajstić information content (AvgIpc) is 2.83. The van der Waals surface area contributed by atoms with E-state index in [0.29, 0.717) is 20.7 Å². The van der Waals surface area contributed by atoms with Crippen molar-refractivity contribution >= 4 is 46.0 Å². The van der Waals surface area contributed by atoms with Gasteiger partial charge in [0.2, 0.25) is 0 Å². The number of thiocarbonyl (C=S) groups is 1. The lowest BCUT2D eigenvalue weighted by Gasteiger charge is -2.15. The molecule has 0 atom stereocenters. The van der Waals surface area contributed by atoms with Crippen LogP contribution in [0.4, 0.5) is 10.1 Å². The van der Waals surface area contributed by atoms with Gasteiger partial charge in [0.1, 0.15) is 11.6 Å². The lowest BCUT2D eigenvalue weighted by molar-refractivity contribution is -0.113. The average molecular weight is 345 g/mol. The predicted octanol–water partition coefficient (Wildman–Crippen LogP) is 4.24. The summed E-state index contributed by atoms with van der Waals surface area (Å²) in [6.07, 6.45) is 1.71. The molecule has 1 aliphatic heterocycles. The molecule has 1 saturated heterocycles. The Morgan fingerprint density at radius 3 is 2.65 bits per heavy atom. The SMILES string of the molecule is COc1cccc(N2C(=O)C(=Cc3ccc(F)cc3)SC2=S)c1. The predicted molar refractivity (Wildman–Crippen MR) is 95.0 cm³/mol. The molecule has 1 heterocycles. The van der Waals surface area contributed by atoms with Crippen molar-refractivity contribution < 1.29 is 13.9 Å². The molecule has 0 radical (unpaired) electrons. The number of rotatable bonds is 3. The van der Waals surface area contributed by atoms with Gasteiger partial charge in [-0.1, -0.05) is 42.2 Å². The molecule has 2 aromatic rings. The van der Waals surface area contributed by atoms with Crippen molar-refractivity contribution in [3.8, 4) is 5.75 Å². The van der Waals surface area contributed by atoms with Crippen LogP contribution < -0.4 is 9.64 Å². The number of carbonyl (C=O) groups excluding carboxylic acids is 1. The van der Waals surface area contributed by atoms with Gasteiger partial charge in [-0.15, -0.1) is 0 Å². The molecule has 1 aliphatic rings. The van der Waals surface area contributed by atoms with Crippen LogP contribution >= 0.6 is 24.0 Å². The zero-order valence-electron chi connectivity index (χ0n) is 12.2. The number of halogens is 1. The fraction of sp³-hybridized carbons (Fsp3) is 0.0588. The second kappa shape index (κ2) is 6.52. The van der Waals surface area contributed by atoms with Crippen LogP contribution in [0.3, 0.4) is 0 Å². The lowest BCUT2D eigenvalue weighted by Crippen LogP contribution is -2.27. The standard InChI is InChI=1S/C17H12FNO2S2/c1-21-14-4-2-3-13(10-14)19-16(20)15(23-17(19)22)9-11-5-7-12(18)8-6-11/h2-10H,1H3. The summed E-state index contributed by atoms with van der Waals surface area (Å²) < 4.78 is 18.6. The van der Waals surface area contributed by atoms with Crippen molar-refractivity contribution in [2.24, 2.45) is 0 Å². The normalized spacial score (nSPS) is 16.3. The molecule has 3 nitrogen and oxygen atoms in total. The Hall–Kier alpha value is -2.18. The van der Waals surface area contributed by atoms with Crippen LogP contribution in [0.2, 0.25) is 0 Å². The van der Waals surface area contributed by atoms with Gasteiger partial charge in [0.25, 0.3) is 5.91 Å². The van der Waals surface area contributed by atoms with E-state index in [2.05, 4.69) is 0 Å². The van der Waals surface area contributed by atoms with Crippen LogP contribution in [0, 0.1) is 5.82 Å². The Morgan fingerprint density at radius 1 is 1.22 bits per heavy atom. The lowest BCUT2D eigenvalue weighted by atomic mass is 10.2. The molecule has 6 heteroatoms. The summed E-state index contributed by atoms with van der Waals surface area (Å²) in [4.78, 5) is 14.6. The maximum Gasteiger partial charge on any atom is 0.270 e. The summed E-state index contributed by atoms with van der Waals surface area (Å²) in [5.41, 5.74) is 1.41. The van der Waals surface area contributed by atoms with E-state index in [-0.39, 0.29) is 11.7 Å². The summed E-state index contributed by atoms with van der Waals surface area (Å²) >= 11 is 6.54. The zero-order valence-corrected chi connectivity index (χ0v) is 13.8. The highest BCUT2D eigenvalue weighted by atomic mass is 32.2. The van der Waals surface area contributed by atoms with E-state index in [1.165, 1.54) is 28.8 Å². The summed E-state index contributed by atoms with van der Waals surface area (Å²) in [5, 5.41) is 0. The fourth-order valence-electron chi connectivity index (χ4n) is 2.15. The van der Waals surface area contributed by atoms with E-state index < -0.39 is 0 Å². The van der Waals surface area contributed by atoms with Crippen LogP contribution in [0.1, 0.15) is 5.56 Å². The van der Waals surface area contributed by atoms with Gasteiger partial charge in [-0.3, -0.25) is 9.69 Å². The van der Waals surface area contributed by atoms with Gasteiger partial charge in [-0.05, 0) is 35.9 Å². The third-order valence-corrected chi connectivity index (χ3v) is 4.58. The molecule has 0 spiro atoms. The van der Waals surface area contributed by atoms with Crippen molar-refractivity contribution in [1.29, 1.82) is 0 Å². The van der Waals surface area contributed by atoms with Crippen LogP contribution in [0.25, 0.3) is 6.08 Å². The number of amides is 1. The van der Waals surface area contributed by atoms with Crippen LogP contribution in [-0.2, 0) is 4.79 Å². The molecule has 2 aromatic carbocycles. The molecular formula is C17H12FNO2S2. The highest BCUT2D eigenvalue weighted by molar-refractivity contribution is 8.27. The van der Waals surface area contributed by atoms with E-state index in [0.717, 1.165) is 5.56 Å². The highest BCUT2D eigenvalue weighted by Gasteiger charge is 2.33. The Morgan fingerprint density at radius 2 is 1.96 bits per heavy atom. The van der Waals surface area contributed by atoms with Gasteiger partial charge >= 0.3 is 0 Å². The van der Waals surface area contributed by atoms with Crippen molar-refractivity contribution in [1.82, 2.24) is 0 Å². The third-order valence-electron chi connectivity index (χ3n) is 3.27. The molecule has 23 heavy (non-hydrogen) atoms. The van der Waals surface area contributed by atoms with Gasteiger partial charge < -0.3 is 4.74 Å². The number of methoxy groups -OCH3 is 1. The molecule has 1 fully saturated rings. The zero-order chi connectivity index (χ0) is 16.4. The van der Waals surface area contributed by atoms with E-state index in [9.17, 15) is 9.18 Å². The summed E-state index contributed by atoms with van der Waals surface area (Å²) in [6.45, 7) is 0. The minimum atomic E-state index is -0.314. The maximum atomic E-state index is 13.0. The minimum absolute atomic E-state index is 0.197. The molecule has 1 amide bonds. The first-order chi connectivity index (χ1) is 11.1. The van der Waals surface area contributed by atoms with Gasteiger partial charge in [-0.25, -0.2) is 4.39 Å². The largest absolute Gasteiger partial charge is 0.497 e. The molecule has 0 aromatic heterocycles.